The van der Waals surface area contributed by atoms with Gasteiger partial charge in [-0.3, -0.25) is 19.7 Å². The van der Waals surface area contributed by atoms with E-state index < -0.39 is 10.8 Å². The van der Waals surface area contributed by atoms with Crippen molar-refractivity contribution in [2.45, 2.75) is 6.42 Å². The maximum absolute atomic E-state index is 11.6. The van der Waals surface area contributed by atoms with Gasteiger partial charge in [0.1, 0.15) is 5.69 Å². The molecule has 0 aliphatic carbocycles. The van der Waals surface area contributed by atoms with Crippen molar-refractivity contribution in [2.24, 2.45) is 0 Å². The first kappa shape index (κ1) is 15.5. The zero-order valence-corrected chi connectivity index (χ0v) is 12.8. The van der Waals surface area contributed by atoms with Crippen molar-refractivity contribution in [3.05, 3.63) is 57.6 Å². The first-order chi connectivity index (χ1) is 11.5. The highest BCUT2D eigenvalue weighted by Crippen LogP contribution is 2.32. The molecule has 0 fully saturated rings. The number of nitro groups is 1. The van der Waals surface area contributed by atoms with Crippen LogP contribution >= 0.6 is 0 Å². The minimum Gasteiger partial charge on any atom is -0.355 e. The Morgan fingerprint density at radius 3 is 2.75 bits per heavy atom. The number of benzene rings is 2. The molecule has 0 spiro atoms. The van der Waals surface area contributed by atoms with Crippen LogP contribution in [0.15, 0.2) is 36.4 Å². The highest BCUT2D eigenvalue weighted by molar-refractivity contribution is 6.00. The van der Waals surface area contributed by atoms with E-state index >= 15 is 0 Å². The molecule has 2 amide bonds. The van der Waals surface area contributed by atoms with Gasteiger partial charge in [-0.2, -0.15) is 0 Å². The van der Waals surface area contributed by atoms with E-state index in [0.717, 1.165) is 5.56 Å². The van der Waals surface area contributed by atoms with Crippen molar-refractivity contribution in [3.63, 3.8) is 0 Å². The van der Waals surface area contributed by atoms with Gasteiger partial charge in [0, 0.05) is 30.1 Å². The molecule has 3 rings (SSSR count). The lowest BCUT2D eigenvalue weighted by Crippen LogP contribution is -2.17. The molecule has 0 radical (unpaired) electrons. The molecule has 24 heavy (non-hydrogen) atoms. The van der Waals surface area contributed by atoms with Crippen LogP contribution in [0.25, 0.3) is 0 Å². The minimum atomic E-state index is -0.552. The van der Waals surface area contributed by atoms with Crippen LogP contribution in [0.3, 0.4) is 0 Å². The number of rotatable bonds is 4. The van der Waals surface area contributed by atoms with Gasteiger partial charge in [0.05, 0.1) is 11.3 Å². The molecule has 0 unspecified atom stereocenters. The summed E-state index contributed by atoms with van der Waals surface area (Å²) in [4.78, 5) is 33.7. The molecule has 122 valence electrons. The Bertz CT molecular complexity index is 863. The largest absolute Gasteiger partial charge is 0.355 e. The number of nitrogens with zero attached hydrogens (tertiary/aromatic N) is 1. The summed E-state index contributed by atoms with van der Waals surface area (Å²) >= 11 is 0. The number of carbonyl (C=O) groups is 2. The summed E-state index contributed by atoms with van der Waals surface area (Å²) in [6.07, 6.45) is 0.330. The van der Waals surface area contributed by atoms with Crippen LogP contribution in [-0.2, 0) is 11.2 Å². The van der Waals surface area contributed by atoms with Crippen molar-refractivity contribution in [2.75, 3.05) is 17.7 Å². The summed E-state index contributed by atoms with van der Waals surface area (Å²) in [6, 6.07) is 9.46. The van der Waals surface area contributed by atoms with E-state index in [1.165, 1.54) is 25.2 Å². The van der Waals surface area contributed by atoms with Gasteiger partial charge >= 0.3 is 0 Å². The lowest BCUT2D eigenvalue weighted by Gasteiger charge is -2.10. The topological polar surface area (TPSA) is 113 Å². The third kappa shape index (κ3) is 2.89. The maximum Gasteiger partial charge on any atom is 0.293 e. The number of nitro benzene ring substituents is 1. The average Bonchev–Trinajstić information content (AvgIpc) is 2.93. The molecule has 8 nitrogen and oxygen atoms in total. The smallest absolute Gasteiger partial charge is 0.293 e. The van der Waals surface area contributed by atoms with Crippen LogP contribution in [0.2, 0.25) is 0 Å². The van der Waals surface area contributed by atoms with E-state index in [0.29, 0.717) is 17.8 Å². The summed E-state index contributed by atoms with van der Waals surface area (Å²) in [6.45, 7) is 0. The highest BCUT2D eigenvalue weighted by atomic mass is 16.6. The average molecular weight is 326 g/mol. The molecular weight excluding hydrogens is 312 g/mol. The second-order valence-electron chi connectivity index (χ2n) is 5.29. The van der Waals surface area contributed by atoms with Gasteiger partial charge < -0.3 is 16.0 Å². The van der Waals surface area contributed by atoms with E-state index in [-0.39, 0.29) is 22.8 Å². The summed E-state index contributed by atoms with van der Waals surface area (Å²) < 4.78 is 0. The molecular formula is C16H14N4O4. The molecule has 0 atom stereocenters. The molecule has 2 aromatic rings. The molecule has 1 aliphatic heterocycles. The SMILES string of the molecule is CNC(=O)c1ccc(Nc2ccc3c(c2)NC(=O)C3)c([N+](=O)[O-])c1. The minimum absolute atomic E-state index is 0.0805. The van der Waals surface area contributed by atoms with Crippen LogP contribution in [0, 0.1) is 10.1 Å². The Morgan fingerprint density at radius 2 is 2.04 bits per heavy atom. The Labute approximate surface area is 137 Å². The van der Waals surface area contributed by atoms with E-state index in [1.807, 2.05) is 0 Å². The van der Waals surface area contributed by atoms with Crippen molar-refractivity contribution >= 4 is 34.6 Å². The normalized spacial score (nSPS) is 12.3. The second-order valence-corrected chi connectivity index (χ2v) is 5.29. The number of hydrogen-bond donors (Lipinski definition) is 3. The molecule has 0 saturated heterocycles. The van der Waals surface area contributed by atoms with Crippen molar-refractivity contribution in [3.8, 4) is 0 Å². The van der Waals surface area contributed by atoms with Gasteiger partial charge in [0.2, 0.25) is 5.91 Å². The standard InChI is InChI=1S/C16H14N4O4/c1-17-16(22)10-3-5-12(14(6-10)20(23)24)18-11-4-2-9-7-15(21)19-13(9)8-11/h2-6,8,18H,7H2,1H3,(H,17,22)(H,19,21). The van der Waals surface area contributed by atoms with E-state index in [1.54, 1.807) is 18.2 Å². The van der Waals surface area contributed by atoms with E-state index in [9.17, 15) is 19.7 Å². The molecule has 1 heterocycles. The van der Waals surface area contributed by atoms with Gasteiger partial charge in [-0.15, -0.1) is 0 Å². The van der Waals surface area contributed by atoms with Crippen LogP contribution < -0.4 is 16.0 Å². The predicted molar refractivity (Wildman–Crippen MR) is 88.5 cm³/mol. The Hall–Kier alpha value is -3.42. The van der Waals surface area contributed by atoms with Crippen LogP contribution in [-0.4, -0.2) is 23.8 Å². The number of hydrogen-bond acceptors (Lipinski definition) is 5. The van der Waals surface area contributed by atoms with Gasteiger partial charge in [-0.25, -0.2) is 0 Å². The van der Waals surface area contributed by atoms with E-state index in [2.05, 4.69) is 16.0 Å². The molecule has 0 aromatic heterocycles. The highest BCUT2D eigenvalue weighted by Gasteiger charge is 2.20. The quantitative estimate of drug-likeness (QED) is 0.589. The summed E-state index contributed by atoms with van der Waals surface area (Å²) in [5, 5.41) is 19.4. The maximum atomic E-state index is 11.6. The Balaban J connectivity index is 1.92. The number of carbonyl (C=O) groups excluding carboxylic acids is 2. The number of nitrogens with one attached hydrogen (secondary N) is 3. The third-order valence-corrected chi connectivity index (χ3v) is 3.70. The van der Waals surface area contributed by atoms with Crippen LogP contribution in [0.1, 0.15) is 15.9 Å². The zero-order chi connectivity index (χ0) is 17.3. The Morgan fingerprint density at radius 1 is 1.25 bits per heavy atom. The molecule has 1 aliphatic rings. The first-order valence-electron chi connectivity index (χ1n) is 7.18. The lowest BCUT2D eigenvalue weighted by molar-refractivity contribution is -0.383. The number of anilines is 3. The van der Waals surface area contributed by atoms with Gasteiger partial charge in [0.25, 0.3) is 11.6 Å². The summed E-state index contributed by atoms with van der Waals surface area (Å²) in [7, 11) is 1.46. The fourth-order valence-corrected chi connectivity index (χ4v) is 2.52. The van der Waals surface area contributed by atoms with Crippen LogP contribution in [0.5, 0.6) is 0 Å². The van der Waals surface area contributed by atoms with Crippen LogP contribution in [0.4, 0.5) is 22.7 Å². The van der Waals surface area contributed by atoms with Gasteiger partial charge in [0.15, 0.2) is 0 Å². The van der Waals surface area contributed by atoms with Gasteiger partial charge in [-0.1, -0.05) is 6.07 Å². The lowest BCUT2D eigenvalue weighted by atomic mass is 10.1. The third-order valence-electron chi connectivity index (χ3n) is 3.70. The fourth-order valence-electron chi connectivity index (χ4n) is 2.52. The van der Waals surface area contributed by atoms with Crippen molar-refractivity contribution in [1.29, 1.82) is 0 Å². The Kier molecular flexibility index (Phi) is 3.87. The predicted octanol–water partition coefficient (Wildman–Crippen LogP) is 2.19. The molecule has 8 heteroatoms. The second kappa shape index (κ2) is 5.99. The van der Waals surface area contributed by atoms with Gasteiger partial charge in [-0.05, 0) is 29.8 Å². The molecule has 0 bridgehead atoms. The van der Waals surface area contributed by atoms with E-state index in [4.69, 9.17) is 0 Å². The molecule has 2 aromatic carbocycles. The fraction of sp³-hybridized carbons (Fsp3) is 0.125. The monoisotopic (exact) mass is 326 g/mol. The van der Waals surface area contributed by atoms with Crippen molar-refractivity contribution in [1.82, 2.24) is 5.32 Å². The molecule has 0 saturated carbocycles. The summed E-state index contributed by atoms with van der Waals surface area (Å²) in [5.74, 6) is -0.479. The van der Waals surface area contributed by atoms with Crippen molar-refractivity contribution < 1.29 is 14.5 Å². The number of amides is 2. The summed E-state index contributed by atoms with van der Waals surface area (Å²) in [5.41, 5.74) is 2.44. The molecule has 3 N–H and O–H groups in total. The first-order valence-corrected chi connectivity index (χ1v) is 7.18. The number of fused-ring (bicyclic) bond motifs is 1. The zero-order valence-electron chi connectivity index (χ0n) is 12.8.